The van der Waals surface area contributed by atoms with Crippen LogP contribution in [-0.2, 0) is 6.54 Å². The Morgan fingerprint density at radius 2 is 2.31 bits per heavy atom. The predicted molar refractivity (Wildman–Crippen MR) is 52.5 cm³/mol. The number of halogens is 1. The van der Waals surface area contributed by atoms with Crippen LogP contribution in [0.3, 0.4) is 0 Å². The number of carbonyl (C=O) groups excluding carboxylic acids is 1. The van der Waals surface area contributed by atoms with Gasteiger partial charge in [-0.1, -0.05) is 0 Å². The fourth-order valence-corrected chi connectivity index (χ4v) is 1.72. The first-order valence-corrected chi connectivity index (χ1v) is 4.73. The van der Waals surface area contributed by atoms with Crippen LogP contribution in [0.15, 0.2) is 24.5 Å². The number of nitrogens with zero attached hydrogens (tertiary/aromatic N) is 3. The van der Waals surface area contributed by atoms with E-state index >= 15 is 0 Å². The topological polar surface area (TPSA) is 59.8 Å². The van der Waals surface area contributed by atoms with Crippen molar-refractivity contribution >= 4 is 5.91 Å². The van der Waals surface area contributed by atoms with Crippen LogP contribution in [-0.4, -0.2) is 20.7 Å². The van der Waals surface area contributed by atoms with Crippen molar-refractivity contribution in [1.29, 1.82) is 0 Å². The van der Waals surface area contributed by atoms with Crippen LogP contribution in [0, 0.1) is 5.82 Å². The Morgan fingerprint density at radius 1 is 1.44 bits per heavy atom. The molecule has 1 aromatic carbocycles. The van der Waals surface area contributed by atoms with E-state index < -0.39 is 5.82 Å². The molecule has 0 atom stereocenters. The Morgan fingerprint density at radius 3 is 3.19 bits per heavy atom. The van der Waals surface area contributed by atoms with Crippen molar-refractivity contribution in [2.24, 2.45) is 0 Å². The molecule has 80 valence electrons. The maximum atomic E-state index is 13.1. The summed E-state index contributed by atoms with van der Waals surface area (Å²) in [6.07, 6.45) is 1.40. The molecule has 0 fully saturated rings. The van der Waals surface area contributed by atoms with E-state index in [0.29, 0.717) is 11.5 Å². The predicted octanol–water partition coefficient (Wildman–Crippen LogP) is 0.650. The highest BCUT2D eigenvalue weighted by atomic mass is 19.1. The second-order valence-corrected chi connectivity index (χ2v) is 3.43. The summed E-state index contributed by atoms with van der Waals surface area (Å²) in [6, 6.07) is 4.01. The standard InChI is InChI=1S/C10H7FN4O/c11-6-1-2-8-7(3-6)10(16)12-4-9-13-5-14-15(8)9/h1-3,5H,4H2,(H,12,16). The molecule has 0 spiro atoms. The largest absolute Gasteiger partial charge is 0.345 e. The van der Waals surface area contributed by atoms with Crippen molar-refractivity contribution in [3.8, 4) is 5.69 Å². The molecule has 16 heavy (non-hydrogen) atoms. The highest BCUT2D eigenvalue weighted by Gasteiger charge is 2.21. The van der Waals surface area contributed by atoms with Crippen molar-refractivity contribution in [2.45, 2.75) is 6.54 Å². The number of amides is 1. The van der Waals surface area contributed by atoms with Crippen molar-refractivity contribution in [1.82, 2.24) is 20.1 Å². The first kappa shape index (κ1) is 9.02. The minimum absolute atomic E-state index is 0.268. The summed E-state index contributed by atoms with van der Waals surface area (Å²) in [6.45, 7) is 0.287. The van der Waals surface area contributed by atoms with Crippen LogP contribution in [0.25, 0.3) is 5.69 Å². The molecular weight excluding hydrogens is 211 g/mol. The minimum atomic E-state index is -0.447. The normalized spacial score (nSPS) is 13.7. The zero-order valence-corrected chi connectivity index (χ0v) is 8.14. The third-order valence-corrected chi connectivity index (χ3v) is 2.46. The van der Waals surface area contributed by atoms with Crippen molar-refractivity contribution in [2.75, 3.05) is 0 Å². The Bertz CT molecular complexity index is 578. The lowest BCUT2D eigenvalue weighted by Gasteiger charge is -2.05. The molecule has 0 bridgehead atoms. The van der Waals surface area contributed by atoms with Crippen LogP contribution >= 0.6 is 0 Å². The summed E-state index contributed by atoms with van der Waals surface area (Å²) < 4.78 is 14.6. The average Bonchev–Trinajstić information content (AvgIpc) is 2.69. The van der Waals surface area contributed by atoms with Crippen LogP contribution in [0.1, 0.15) is 16.2 Å². The van der Waals surface area contributed by atoms with Gasteiger partial charge in [0.1, 0.15) is 12.1 Å². The summed E-state index contributed by atoms with van der Waals surface area (Å²) in [5, 5.41) is 6.65. The molecule has 2 aromatic rings. The smallest absolute Gasteiger partial charge is 0.253 e. The SMILES string of the molecule is O=C1NCc2ncnn2-c2ccc(F)cc21. The average molecular weight is 218 g/mol. The molecule has 0 radical (unpaired) electrons. The van der Waals surface area contributed by atoms with Crippen molar-refractivity contribution in [3.05, 3.63) is 41.7 Å². The molecule has 6 heteroatoms. The first-order chi connectivity index (χ1) is 7.75. The number of nitrogens with one attached hydrogen (secondary N) is 1. The highest BCUT2D eigenvalue weighted by Crippen LogP contribution is 2.19. The van der Waals surface area contributed by atoms with E-state index in [2.05, 4.69) is 15.4 Å². The first-order valence-electron chi connectivity index (χ1n) is 4.73. The lowest BCUT2D eigenvalue weighted by molar-refractivity contribution is 0.0952. The van der Waals surface area contributed by atoms with E-state index in [4.69, 9.17) is 0 Å². The number of hydrogen-bond donors (Lipinski definition) is 1. The zero-order valence-electron chi connectivity index (χ0n) is 8.14. The number of benzene rings is 1. The molecule has 0 saturated heterocycles. The molecule has 0 unspecified atom stereocenters. The van der Waals surface area contributed by atoms with Crippen molar-refractivity contribution < 1.29 is 9.18 Å². The van der Waals surface area contributed by atoms with Crippen LogP contribution in [0.2, 0.25) is 0 Å². The number of hydrogen-bond acceptors (Lipinski definition) is 3. The molecular formula is C10H7FN4O. The monoisotopic (exact) mass is 218 g/mol. The van der Waals surface area contributed by atoms with Crippen LogP contribution < -0.4 is 5.32 Å². The summed E-state index contributed by atoms with van der Waals surface area (Å²) in [4.78, 5) is 15.7. The third-order valence-electron chi connectivity index (χ3n) is 2.46. The molecule has 1 aliphatic rings. The fraction of sp³-hybridized carbons (Fsp3) is 0.100. The van der Waals surface area contributed by atoms with E-state index in [1.165, 1.54) is 29.2 Å². The molecule has 1 aromatic heterocycles. The van der Waals surface area contributed by atoms with Gasteiger partial charge in [-0.25, -0.2) is 14.1 Å². The summed E-state index contributed by atoms with van der Waals surface area (Å²) in [7, 11) is 0. The second kappa shape index (κ2) is 3.13. The van der Waals surface area contributed by atoms with Crippen LogP contribution in [0.4, 0.5) is 4.39 Å². The van der Waals surface area contributed by atoms with Gasteiger partial charge in [0.2, 0.25) is 0 Å². The quantitative estimate of drug-likeness (QED) is 0.706. The molecule has 0 saturated carbocycles. The Kier molecular flexibility index (Phi) is 1.76. The summed E-state index contributed by atoms with van der Waals surface area (Å²) >= 11 is 0. The third kappa shape index (κ3) is 1.19. The fourth-order valence-electron chi connectivity index (χ4n) is 1.72. The van der Waals surface area contributed by atoms with E-state index in [0.717, 1.165) is 0 Å². The van der Waals surface area contributed by atoms with Crippen molar-refractivity contribution in [3.63, 3.8) is 0 Å². The van der Waals surface area contributed by atoms with E-state index in [-0.39, 0.29) is 18.0 Å². The minimum Gasteiger partial charge on any atom is -0.345 e. The van der Waals surface area contributed by atoms with Gasteiger partial charge in [0.15, 0.2) is 5.82 Å². The van der Waals surface area contributed by atoms with Gasteiger partial charge in [-0.3, -0.25) is 4.79 Å². The van der Waals surface area contributed by atoms with Gasteiger partial charge in [0.25, 0.3) is 5.91 Å². The van der Waals surface area contributed by atoms with Gasteiger partial charge in [-0.2, -0.15) is 5.10 Å². The van der Waals surface area contributed by atoms with Gasteiger partial charge in [0, 0.05) is 0 Å². The highest BCUT2D eigenvalue weighted by molar-refractivity contribution is 5.98. The maximum absolute atomic E-state index is 13.1. The lowest BCUT2D eigenvalue weighted by Crippen LogP contribution is -2.21. The van der Waals surface area contributed by atoms with Gasteiger partial charge >= 0.3 is 0 Å². The van der Waals surface area contributed by atoms with Gasteiger partial charge in [-0.05, 0) is 18.2 Å². The Balaban J connectivity index is 2.31. The van der Waals surface area contributed by atoms with Gasteiger partial charge < -0.3 is 5.32 Å². The van der Waals surface area contributed by atoms with Gasteiger partial charge in [0.05, 0.1) is 17.8 Å². The van der Waals surface area contributed by atoms with Crippen LogP contribution in [0.5, 0.6) is 0 Å². The molecule has 3 rings (SSSR count). The maximum Gasteiger partial charge on any atom is 0.253 e. The molecule has 0 aliphatic carbocycles. The molecule has 1 N–H and O–H groups in total. The zero-order chi connectivity index (χ0) is 11.1. The number of rotatable bonds is 0. The summed E-state index contributed by atoms with van der Waals surface area (Å²) in [5.74, 6) is -0.141. The molecule has 5 nitrogen and oxygen atoms in total. The van der Waals surface area contributed by atoms with E-state index in [9.17, 15) is 9.18 Å². The lowest BCUT2D eigenvalue weighted by atomic mass is 10.1. The number of carbonyl (C=O) groups is 1. The van der Waals surface area contributed by atoms with E-state index in [1.54, 1.807) is 0 Å². The Hall–Kier alpha value is -2.24. The van der Waals surface area contributed by atoms with E-state index in [1.807, 2.05) is 0 Å². The second-order valence-electron chi connectivity index (χ2n) is 3.43. The Labute approximate surface area is 89.9 Å². The molecule has 2 heterocycles. The molecule has 1 amide bonds. The number of fused-ring (bicyclic) bond motifs is 3. The number of aromatic nitrogens is 3. The summed E-state index contributed by atoms with van der Waals surface area (Å²) in [5.41, 5.74) is 0.813. The molecule has 1 aliphatic heterocycles. The van der Waals surface area contributed by atoms with Gasteiger partial charge in [-0.15, -0.1) is 0 Å².